The van der Waals surface area contributed by atoms with Gasteiger partial charge in [-0.15, -0.1) is 0 Å². The molecule has 0 saturated heterocycles. The number of carbonyl (C=O) groups is 1. The molecule has 3 rings (SSSR count). The van der Waals surface area contributed by atoms with Crippen LogP contribution < -0.4 is 9.47 Å². The van der Waals surface area contributed by atoms with Crippen LogP contribution in [-0.2, 0) is 4.79 Å². The van der Waals surface area contributed by atoms with Crippen molar-refractivity contribution in [2.45, 2.75) is 12.3 Å². The Labute approximate surface area is 121 Å². The summed E-state index contributed by atoms with van der Waals surface area (Å²) in [6, 6.07) is 10.4. The number of hydrogen-bond donors (Lipinski definition) is 0. The molecule has 1 fully saturated rings. The molecule has 0 bridgehead atoms. The molecule has 1 saturated carbocycles. The van der Waals surface area contributed by atoms with Gasteiger partial charge in [-0.2, -0.15) is 5.26 Å². The van der Waals surface area contributed by atoms with Crippen LogP contribution in [0.5, 0.6) is 11.5 Å². The molecule has 5 heteroatoms. The van der Waals surface area contributed by atoms with Gasteiger partial charge in [0.05, 0.1) is 30.9 Å². The van der Waals surface area contributed by atoms with Crippen molar-refractivity contribution in [3.63, 3.8) is 0 Å². The van der Waals surface area contributed by atoms with E-state index in [0.717, 1.165) is 12.2 Å². The van der Waals surface area contributed by atoms with Crippen LogP contribution in [0.2, 0.25) is 0 Å². The Hall–Kier alpha value is -2.74. The highest BCUT2D eigenvalue weighted by atomic mass is 16.6. The topological polar surface area (TPSA) is 72.5 Å². The molecule has 0 aliphatic heterocycles. The van der Waals surface area contributed by atoms with Crippen molar-refractivity contribution in [1.29, 1.82) is 5.26 Å². The van der Waals surface area contributed by atoms with Crippen molar-refractivity contribution in [3.8, 4) is 17.6 Å². The third-order valence-electron chi connectivity index (χ3n) is 3.51. The van der Waals surface area contributed by atoms with Crippen LogP contribution in [0.15, 0.2) is 41.0 Å². The summed E-state index contributed by atoms with van der Waals surface area (Å²) in [5.41, 5.74) is 0.450. The Morgan fingerprint density at radius 2 is 2.24 bits per heavy atom. The van der Waals surface area contributed by atoms with Crippen molar-refractivity contribution in [3.05, 3.63) is 47.9 Å². The maximum Gasteiger partial charge on any atom is 0.315 e. The fourth-order valence-corrected chi connectivity index (χ4v) is 2.28. The smallest absolute Gasteiger partial charge is 0.315 e. The SMILES string of the molecule is COc1cc(C#N)ccc1OC(=O)C1CC1c1ccco1. The average Bonchev–Trinajstić information content (AvgIpc) is 3.13. The number of benzene rings is 1. The summed E-state index contributed by atoms with van der Waals surface area (Å²) in [6.07, 6.45) is 2.32. The summed E-state index contributed by atoms with van der Waals surface area (Å²) < 4.78 is 15.8. The van der Waals surface area contributed by atoms with Gasteiger partial charge in [-0.05, 0) is 30.7 Å². The minimum Gasteiger partial charge on any atom is -0.493 e. The highest BCUT2D eigenvalue weighted by molar-refractivity contribution is 5.80. The fourth-order valence-electron chi connectivity index (χ4n) is 2.28. The predicted molar refractivity (Wildman–Crippen MR) is 72.9 cm³/mol. The second-order valence-electron chi connectivity index (χ2n) is 4.86. The molecular formula is C16H13NO4. The second kappa shape index (κ2) is 5.33. The van der Waals surface area contributed by atoms with Gasteiger partial charge < -0.3 is 13.9 Å². The zero-order chi connectivity index (χ0) is 14.8. The van der Waals surface area contributed by atoms with Crippen LogP contribution in [-0.4, -0.2) is 13.1 Å². The number of nitriles is 1. The Balaban J connectivity index is 1.70. The largest absolute Gasteiger partial charge is 0.493 e. The standard InChI is InChI=1S/C16H13NO4/c1-19-15-7-10(9-17)4-5-14(15)21-16(18)12-8-11(12)13-3-2-6-20-13/h2-7,11-12H,8H2,1H3. The van der Waals surface area contributed by atoms with Gasteiger partial charge in [-0.25, -0.2) is 0 Å². The molecule has 2 aromatic rings. The lowest BCUT2D eigenvalue weighted by atomic mass is 10.2. The summed E-state index contributed by atoms with van der Waals surface area (Å²) in [6.45, 7) is 0. The minimum absolute atomic E-state index is 0.0943. The first-order valence-corrected chi connectivity index (χ1v) is 6.56. The zero-order valence-electron chi connectivity index (χ0n) is 11.4. The molecule has 1 aromatic heterocycles. The highest BCUT2D eigenvalue weighted by Crippen LogP contribution is 2.48. The van der Waals surface area contributed by atoms with Gasteiger partial charge in [0.15, 0.2) is 11.5 Å². The molecule has 5 nitrogen and oxygen atoms in total. The summed E-state index contributed by atoms with van der Waals surface area (Å²) in [7, 11) is 1.47. The van der Waals surface area contributed by atoms with E-state index in [1.54, 1.807) is 30.5 Å². The first-order valence-electron chi connectivity index (χ1n) is 6.56. The van der Waals surface area contributed by atoms with Gasteiger partial charge in [0.1, 0.15) is 5.76 Å². The normalized spacial score (nSPS) is 19.6. The number of ether oxygens (including phenoxy) is 2. The molecule has 0 N–H and O–H groups in total. The number of carbonyl (C=O) groups excluding carboxylic acids is 1. The molecule has 2 unspecified atom stereocenters. The van der Waals surface area contributed by atoms with Crippen molar-refractivity contribution in [2.75, 3.05) is 7.11 Å². The Morgan fingerprint density at radius 3 is 2.90 bits per heavy atom. The monoisotopic (exact) mass is 283 g/mol. The zero-order valence-corrected chi connectivity index (χ0v) is 11.4. The third kappa shape index (κ3) is 2.61. The molecule has 1 aliphatic carbocycles. The van der Waals surface area contributed by atoms with Crippen LogP contribution in [0.3, 0.4) is 0 Å². The van der Waals surface area contributed by atoms with Gasteiger partial charge in [0, 0.05) is 12.0 Å². The molecule has 1 aliphatic rings. The maximum atomic E-state index is 12.1. The lowest BCUT2D eigenvalue weighted by Gasteiger charge is -2.09. The van der Waals surface area contributed by atoms with E-state index in [1.807, 2.05) is 12.1 Å². The predicted octanol–water partition coefficient (Wildman–Crippen LogP) is 2.87. The van der Waals surface area contributed by atoms with Gasteiger partial charge in [0.25, 0.3) is 0 Å². The van der Waals surface area contributed by atoms with E-state index in [4.69, 9.17) is 19.2 Å². The van der Waals surface area contributed by atoms with Gasteiger partial charge in [-0.1, -0.05) is 0 Å². The number of furan rings is 1. The van der Waals surface area contributed by atoms with E-state index in [-0.39, 0.29) is 17.8 Å². The van der Waals surface area contributed by atoms with E-state index in [1.165, 1.54) is 7.11 Å². The van der Waals surface area contributed by atoms with Crippen LogP contribution in [0.1, 0.15) is 23.7 Å². The van der Waals surface area contributed by atoms with Gasteiger partial charge in [-0.3, -0.25) is 4.79 Å². The Kier molecular flexibility index (Phi) is 3.36. The molecule has 2 atom stereocenters. The number of methoxy groups -OCH3 is 1. The third-order valence-corrected chi connectivity index (χ3v) is 3.51. The molecule has 0 amide bonds. The van der Waals surface area contributed by atoms with E-state index >= 15 is 0 Å². The molecule has 0 radical (unpaired) electrons. The lowest BCUT2D eigenvalue weighted by Crippen LogP contribution is -2.12. The molecule has 106 valence electrons. The molecular weight excluding hydrogens is 270 g/mol. The van der Waals surface area contributed by atoms with E-state index in [9.17, 15) is 4.79 Å². The Morgan fingerprint density at radius 1 is 1.38 bits per heavy atom. The molecule has 21 heavy (non-hydrogen) atoms. The second-order valence-corrected chi connectivity index (χ2v) is 4.86. The van der Waals surface area contributed by atoms with Crippen molar-refractivity contribution in [2.24, 2.45) is 5.92 Å². The summed E-state index contributed by atoms with van der Waals surface area (Å²) in [5, 5.41) is 8.85. The summed E-state index contributed by atoms with van der Waals surface area (Å²) >= 11 is 0. The van der Waals surface area contributed by atoms with Crippen molar-refractivity contribution >= 4 is 5.97 Å². The van der Waals surface area contributed by atoms with Gasteiger partial charge >= 0.3 is 5.97 Å². The van der Waals surface area contributed by atoms with E-state index in [2.05, 4.69) is 0 Å². The number of hydrogen-bond acceptors (Lipinski definition) is 5. The molecule has 0 spiro atoms. The quantitative estimate of drug-likeness (QED) is 0.637. The van der Waals surface area contributed by atoms with Crippen molar-refractivity contribution in [1.82, 2.24) is 0 Å². The number of esters is 1. The van der Waals surface area contributed by atoms with E-state index < -0.39 is 0 Å². The van der Waals surface area contributed by atoms with Crippen LogP contribution in [0.25, 0.3) is 0 Å². The number of nitrogens with zero attached hydrogens (tertiary/aromatic N) is 1. The maximum absolute atomic E-state index is 12.1. The summed E-state index contributed by atoms with van der Waals surface area (Å²) in [5.74, 6) is 1.11. The minimum atomic E-state index is -0.306. The van der Waals surface area contributed by atoms with Crippen molar-refractivity contribution < 1.29 is 18.7 Å². The van der Waals surface area contributed by atoms with E-state index in [0.29, 0.717) is 17.1 Å². The van der Waals surface area contributed by atoms with Crippen LogP contribution in [0.4, 0.5) is 0 Å². The first-order chi connectivity index (χ1) is 10.2. The molecule has 1 aromatic carbocycles. The highest BCUT2D eigenvalue weighted by Gasteiger charge is 2.47. The van der Waals surface area contributed by atoms with Gasteiger partial charge in [0.2, 0.25) is 0 Å². The van der Waals surface area contributed by atoms with Crippen LogP contribution >= 0.6 is 0 Å². The number of rotatable bonds is 4. The van der Waals surface area contributed by atoms with Crippen LogP contribution in [0, 0.1) is 17.2 Å². The lowest BCUT2D eigenvalue weighted by molar-refractivity contribution is -0.136. The molecule has 1 heterocycles. The average molecular weight is 283 g/mol. The fraction of sp³-hybridized carbons (Fsp3) is 0.250. The summed E-state index contributed by atoms with van der Waals surface area (Å²) in [4.78, 5) is 12.1. The Bertz CT molecular complexity index is 700. The first kappa shape index (κ1) is 13.3.